The normalized spacial score (nSPS) is 13.3. The summed E-state index contributed by atoms with van der Waals surface area (Å²) in [5, 5.41) is 10.5. The standard InChI is InChI=1S/C68H62/c1-65(2,3)43-31-41(32-44(37-43)66(4,5)6)59-55-28-27-40(48-29-30-54-50-22-16-15-21-49(50)53-25-17-23-52(48)61(53)54)35-57(55)60(42-33-45(67(7,8)9)38-46(34-42)68(10,11)12)63-56-26-18-24-51-47-20-14-13-19-39(47)36-58(62(51)56)64(59)63/h13-38H,1-12H3. The van der Waals surface area contributed by atoms with Gasteiger partial charge in [-0.3, -0.25) is 0 Å². The van der Waals surface area contributed by atoms with E-state index in [1.54, 1.807) is 0 Å². The fraction of sp³-hybridized carbons (Fsp3) is 0.235. The number of benzene rings is 10. The first-order valence-electron chi connectivity index (χ1n) is 24.8. The number of fused-ring (bicyclic) bond motifs is 9. The Morgan fingerprint density at radius 2 is 0.676 bits per heavy atom. The quantitative estimate of drug-likeness (QED) is 0.155. The molecule has 12 rings (SSSR count). The summed E-state index contributed by atoms with van der Waals surface area (Å²) in [4.78, 5) is 0. The molecule has 2 aliphatic rings. The van der Waals surface area contributed by atoms with Gasteiger partial charge in [-0.25, -0.2) is 0 Å². The van der Waals surface area contributed by atoms with Gasteiger partial charge in [0.1, 0.15) is 0 Å². The van der Waals surface area contributed by atoms with E-state index in [0.29, 0.717) is 0 Å². The fourth-order valence-electron chi connectivity index (χ4n) is 11.7. The topological polar surface area (TPSA) is 0 Å². The highest BCUT2D eigenvalue weighted by Crippen LogP contribution is 2.60. The molecule has 0 bridgehead atoms. The van der Waals surface area contributed by atoms with Crippen molar-refractivity contribution < 1.29 is 0 Å². The van der Waals surface area contributed by atoms with Crippen LogP contribution in [0, 0.1) is 0 Å². The maximum Gasteiger partial charge on any atom is -0.000719 e. The van der Waals surface area contributed by atoms with Crippen molar-refractivity contribution in [1.82, 2.24) is 0 Å². The first kappa shape index (κ1) is 42.6. The summed E-state index contributed by atoms with van der Waals surface area (Å²) in [5.41, 5.74) is 23.7. The largest absolute Gasteiger partial charge is 0.0616 e. The van der Waals surface area contributed by atoms with Crippen LogP contribution in [0.1, 0.15) is 105 Å². The second kappa shape index (κ2) is 14.4. The minimum atomic E-state index is -0.0558. The SMILES string of the molecule is CC(C)(C)c1cc(-c2c3c(c(-c4cc(C(C)(C)C)cc(C(C)(C)C)c4)c4cc(-c5ccc6c7c(cccc57)-c5ccccc5-6)ccc24)-c2cccc4c2c-3cc2ccccc24)cc(C(C)(C)C)c1. The molecule has 0 N–H and O–H groups in total. The molecule has 0 fully saturated rings. The maximum absolute atomic E-state index is 2.57. The van der Waals surface area contributed by atoms with Crippen LogP contribution in [0.5, 0.6) is 0 Å². The number of rotatable bonds is 3. The fourth-order valence-corrected chi connectivity index (χ4v) is 11.7. The third-order valence-corrected chi connectivity index (χ3v) is 15.5. The number of hydrogen-bond acceptors (Lipinski definition) is 0. The van der Waals surface area contributed by atoms with E-state index in [1.165, 1.54) is 143 Å². The summed E-state index contributed by atoms with van der Waals surface area (Å²) in [6.07, 6.45) is 0. The average molecular weight is 879 g/mol. The highest BCUT2D eigenvalue weighted by molar-refractivity contribution is 6.31. The van der Waals surface area contributed by atoms with Crippen molar-refractivity contribution in [2.75, 3.05) is 0 Å². The van der Waals surface area contributed by atoms with Crippen molar-refractivity contribution >= 4 is 43.1 Å². The molecule has 0 saturated heterocycles. The van der Waals surface area contributed by atoms with E-state index < -0.39 is 0 Å². The van der Waals surface area contributed by atoms with Gasteiger partial charge in [-0.1, -0.05) is 229 Å². The lowest BCUT2D eigenvalue weighted by molar-refractivity contribution is 0.568. The molecule has 0 atom stereocenters. The van der Waals surface area contributed by atoms with Crippen LogP contribution in [0.2, 0.25) is 0 Å². The molecule has 10 aromatic carbocycles. The van der Waals surface area contributed by atoms with Gasteiger partial charge < -0.3 is 0 Å². The van der Waals surface area contributed by atoms with Crippen molar-refractivity contribution in [3.05, 3.63) is 180 Å². The Kier molecular flexibility index (Phi) is 9.01. The number of hydrogen-bond donors (Lipinski definition) is 0. The van der Waals surface area contributed by atoms with Gasteiger partial charge in [0.05, 0.1) is 0 Å². The molecule has 0 nitrogen and oxygen atoms in total. The van der Waals surface area contributed by atoms with E-state index in [2.05, 4.69) is 241 Å². The van der Waals surface area contributed by atoms with Crippen LogP contribution in [0.15, 0.2) is 158 Å². The van der Waals surface area contributed by atoms with Crippen LogP contribution in [0.3, 0.4) is 0 Å². The molecule has 0 saturated carbocycles. The van der Waals surface area contributed by atoms with E-state index in [1.807, 2.05) is 0 Å². The Morgan fingerprint density at radius 3 is 1.26 bits per heavy atom. The molecule has 0 heterocycles. The zero-order valence-corrected chi connectivity index (χ0v) is 42.0. The van der Waals surface area contributed by atoms with Gasteiger partial charge in [-0.15, -0.1) is 0 Å². The van der Waals surface area contributed by atoms with Crippen molar-refractivity contribution in [3.63, 3.8) is 0 Å². The third-order valence-electron chi connectivity index (χ3n) is 15.5. The lowest BCUT2D eigenvalue weighted by Gasteiger charge is -2.29. The van der Waals surface area contributed by atoms with Crippen molar-refractivity contribution in [2.45, 2.75) is 105 Å². The van der Waals surface area contributed by atoms with E-state index >= 15 is 0 Å². The lowest BCUT2D eigenvalue weighted by atomic mass is 9.75. The van der Waals surface area contributed by atoms with E-state index in [4.69, 9.17) is 0 Å². The lowest BCUT2D eigenvalue weighted by Crippen LogP contribution is -2.17. The summed E-state index contributed by atoms with van der Waals surface area (Å²) >= 11 is 0. The minimum absolute atomic E-state index is 0.0482. The molecule has 2 aliphatic carbocycles. The van der Waals surface area contributed by atoms with Gasteiger partial charge in [-0.2, -0.15) is 0 Å². The monoisotopic (exact) mass is 878 g/mol. The van der Waals surface area contributed by atoms with Crippen LogP contribution >= 0.6 is 0 Å². The average Bonchev–Trinajstić information content (AvgIpc) is 3.80. The Hall–Kier alpha value is -6.76. The van der Waals surface area contributed by atoms with Crippen LogP contribution in [-0.4, -0.2) is 0 Å². The molecular weight excluding hydrogens is 817 g/mol. The van der Waals surface area contributed by atoms with E-state index in [-0.39, 0.29) is 21.7 Å². The molecule has 0 heteroatoms. The van der Waals surface area contributed by atoms with Gasteiger partial charge in [0.25, 0.3) is 0 Å². The van der Waals surface area contributed by atoms with Crippen molar-refractivity contribution in [3.8, 4) is 77.9 Å². The molecule has 0 radical (unpaired) electrons. The highest BCUT2D eigenvalue weighted by atomic mass is 14.4. The minimum Gasteiger partial charge on any atom is -0.0616 e. The van der Waals surface area contributed by atoms with Crippen molar-refractivity contribution in [1.29, 1.82) is 0 Å². The van der Waals surface area contributed by atoms with Crippen molar-refractivity contribution in [2.24, 2.45) is 0 Å². The summed E-state index contributed by atoms with van der Waals surface area (Å²) in [7, 11) is 0. The molecule has 0 spiro atoms. The first-order chi connectivity index (χ1) is 32.3. The molecule has 68 heavy (non-hydrogen) atoms. The summed E-state index contributed by atoms with van der Waals surface area (Å²) in [6.45, 7) is 28.4. The molecule has 0 amide bonds. The molecule has 0 unspecified atom stereocenters. The van der Waals surface area contributed by atoms with Crippen LogP contribution in [0.4, 0.5) is 0 Å². The first-order valence-corrected chi connectivity index (χ1v) is 24.8. The Morgan fingerprint density at radius 1 is 0.235 bits per heavy atom. The zero-order chi connectivity index (χ0) is 47.4. The molecular formula is C68H62. The predicted octanol–water partition coefficient (Wildman–Crippen LogP) is 19.8. The molecule has 0 aromatic heterocycles. The van der Waals surface area contributed by atoms with Crippen LogP contribution < -0.4 is 0 Å². The Labute approximate surface area is 403 Å². The summed E-state index contributed by atoms with van der Waals surface area (Å²) in [6, 6.07) is 61.8. The van der Waals surface area contributed by atoms with Crippen LogP contribution in [0.25, 0.3) is 121 Å². The van der Waals surface area contributed by atoms with Crippen LogP contribution in [-0.2, 0) is 21.7 Å². The van der Waals surface area contributed by atoms with Gasteiger partial charge in [-0.05, 0) is 177 Å². The Bertz CT molecular complexity index is 3710. The van der Waals surface area contributed by atoms with E-state index in [9.17, 15) is 0 Å². The summed E-state index contributed by atoms with van der Waals surface area (Å²) < 4.78 is 0. The molecule has 0 aliphatic heterocycles. The second-order valence-electron chi connectivity index (χ2n) is 24.2. The van der Waals surface area contributed by atoms with Gasteiger partial charge >= 0.3 is 0 Å². The van der Waals surface area contributed by atoms with Gasteiger partial charge in [0.2, 0.25) is 0 Å². The zero-order valence-electron chi connectivity index (χ0n) is 42.0. The summed E-state index contributed by atoms with van der Waals surface area (Å²) in [5.74, 6) is 0. The van der Waals surface area contributed by atoms with Gasteiger partial charge in [0.15, 0.2) is 0 Å². The molecule has 10 aromatic rings. The highest BCUT2D eigenvalue weighted by Gasteiger charge is 2.34. The van der Waals surface area contributed by atoms with Gasteiger partial charge in [0, 0.05) is 0 Å². The third kappa shape index (κ3) is 6.40. The second-order valence-corrected chi connectivity index (χ2v) is 24.2. The maximum atomic E-state index is 2.57. The predicted molar refractivity (Wildman–Crippen MR) is 296 cm³/mol. The molecule has 334 valence electrons. The Balaban J connectivity index is 1.29. The smallest absolute Gasteiger partial charge is 0.000719 e. The van der Waals surface area contributed by atoms with E-state index in [0.717, 1.165) is 0 Å².